The maximum atomic E-state index is 10.0. The molecule has 0 aliphatic carbocycles. The molecule has 2 aliphatic heterocycles. The van der Waals surface area contributed by atoms with Crippen LogP contribution in [0.25, 0.3) is 16.4 Å². The summed E-state index contributed by atoms with van der Waals surface area (Å²) in [5.74, 6) is 2.80. The maximum Gasteiger partial charge on any atom is 2.00 e. The maximum absolute atomic E-state index is 10.0. The Bertz CT molecular complexity index is 4020. The Morgan fingerprint density at radius 2 is 0.941 bits per heavy atom. The number of hydrogen-bond donors (Lipinski definition) is 0. The van der Waals surface area contributed by atoms with Gasteiger partial charge in [-0.25, -0.2) is 14.8 Å². The Morgan fingerprint density at radius 3 is 1.39 bits per heavy atom. The van der Waals surface area contributed by atoms with Gasteiger partial charge in [-0.2, -0.15) is 15.8 Å². The largest absolute Gasteiger partial charge is 2.00 e. The summed E-state index contributed by atoms with van der Waals surface area (Å²) in [5, 5.41) is 32.4. The van der Waals surface area contributed by atoms with Crippen molar-refractivity contribution >= 4 is 74.3 Å². The summed E-state index contributed by atoms with van der Waals surface area (Å²) in [6, 6.07) is 60.1. The second-order valence-corrected chi connectivity index (χ2v) is 24.9. The fourth-order valence-electron chi connectivity index (χ4n) is 8.91. The van der Waals surface area contributed by atoms with Gasteiger partial charge in [-0.3, -0.25) is 0 Å². The zero-order valence-electron chi connectivity index (χ0n) is 48.0. The number of aromatic nitrogens is 2. The SMILES string of the molecule is CC(C)c1cc(C#N)cc(C(C)C)c1O/C(=C1\C=C(C#N)C(Sc2ccccc2)=N1)c1ccc(Sc2ccccc2)[n-]1.[C-]#[N+]c1cc(/C(Oc2c(C(C)C)cc(C#N)cc2C(C)C)=C2/C=CC(Sc3ccccc3)=N2)[n-]c1Sc1ccccc1.[Ni+2]. The van der Waals surface area contributed by atoms with Gasteiger partial charge in [-0.05, 0) is 137 Å². The molecule has 10 rings (SSSR count). The van der Waals surface area contributed by atoms with Crippen molar-refractivity contribution in [3.8, 4) is 29.7 Å². The first-order chi connectivity index (χ1) is 40.7. The normalized spacial score (nSPS) is 13.6. The second kappa shape index (κ2) is 29.4. The smallest absolute Gasteiger partial charge is 0.660 e. The molecule has 6 aromatic carbocycles. The van der Waals surface area contributed by atoms with Crippen molar-refractivity contribution < 1.29 is 26.0 Å². The van der Waals surface area contributed by atoms with Crippen LogP contribution in [0.15, 0.2) is 239 Å². The zero-order valence-corrected chi connectivity index (χ0v) is 52.2. The molecule has 0 radical (unpaired) electrons. The zero-order chi connectivity index (χ0) is 59.3. The van der Waals surface area contributed by atoms with Crippen LogP contribution in [0, 0.1) is 40.6 Å². The number of allylic oxidation sites excluding steroid dienone is 2. The Morgan fingerprint density at radius 1 is 0.494 bits per heavy atom. The summed E-state index contributed by atoms with van der Waals surface area (Å²) in [7, 11) is 0. The molecule has 2 aromatic heterocycles. The van der Waals surface area contributed by atoms with Gasteiger partial charge in [0.25, 0.3) is 0 Å². The predicted molar refractivity (Wildman–Crippen MR) is 343 cm³/mol. The fraction of sp³-hybridized carbons (Fsp3) is 0.171. The summed E-state index contributed by atoms with van der Waals surface area (Å²) in [5.41, 5.74) is 8.23. The van der Waals surface area contributed by atoms with Gasteiger partial charge < -0.3 is 19.4 Å². The third kappa shape index (κ3) is 15.7. The van der Waals surface area contributed by atoms with Crippen molar-refractivity contribution in [2.75, 3.05) is 0 Å². The number of rotatable bonds is 16. The van der Waals surface area contributed by atoms with Crippen LogP contribution in [-0.2, 0) is 16.5 Å². The van der Waals surface area contributed by atoms with Crippen molar-refractivity contribution in [3.63, 3.8) is 0 Å². The quantitative estimate of drug-likeness (QED) is 0.0517. The van der Waals surface area contributed by atoms with Crippen molar-refractivity contribution in [2.45, 2.75) is 109 Å². The van der Waals surface area contributed by atoms with E-state index in [2.05, 4.69) is 90.6 Å². The van der Waals surface area contributed by atoms with E-state index in [9.17, 15) is 15.8 Å². The third-order valence-electron chi connectivity index (χ3n) is 13.1. The van der Waals surface area contributed by atoms with Crippen molar-refractivity contribution in [1.82, 2.24) is 9.97 Å². The van der Waals surface area contributed by atoms with Crippen LogP contribution in [-0.4, -0.2) is 10.1 Å². The molecule has 0 fully saturated rings. The molecule has 0 bridgehead atoms. The van der Waals surface area contributed by atoms with Crippen LogP contribution >= 0.6 is 47.0 Å². The van der Waals surface area contributed by atoms with E-state index >= 15 is 0 Å². The van der Waals surface area contributed by atoms with Crippen LogP contribution in [0.2, 0.25) is 0 Å². The number of benzene rings is 6. The molecule has 85 heavy (non-hydrogen) atoms. The van der Waals surface area contributed by atoms with Gasteiger partial charge in [0, 0.05) is 19.6 Å². The molecule has 8 aromatic rings. The Kier molecular flexibility index (Phi) is 21.7. The van der Waals surface area contributed by atoms with E-state index in [1.165, 1.54) is 23.5 Å². The first kappa shape index (κ1) is 62.7. The minimum Gasteiger partial charge on any atom is -0.660 e. The van der Waals surface area contributed by atoms with E-state index in [4.69, 9.17) is 36.0 Å². The van der Waals surface area contributed by atoms with E-state index in [0.29, 0.717) is 78.3 Å². The van der Waals surface area contributed by atoms with Crippen LogP contribution < -0.4 is 19.4 Å². The third-order valence-corrected chi connectivity index (χ3v) is 17.0. The Balaban J connectivity index is 0.000000219. The summed E-state index contributed by atoms with van der Waals surface area (Å²) in [4.78, 5) is 27.6. The predicted octanol–water partition coefficient (Wildman–Crippen LogP) is 19.3. The molecule has 0 saturated carbocycles. The number of thioether (sulfide) groups is 2. The topological polar surface area (TPSA) is 147 Å². The number of nitrogens with zero attached hydrogens (tertiary/aromatic N) is 8. The number of ether oxygens (including phenoxy) is 2. The molecule has 0 amide bonds. The van der Waals surface area contributed by atoms with Crippen molar-refractivity contribution in [2.24, 2.45) is 9.98 Å². The molecular weight excluding hydrogens is 1170 g/mol. The number of aliphatic imine (C=N–C) groups is 2. The number of nitriles is 3. The minimum atomic E-state index is 0. The Hall–Kier alpha value is -8.37. The van der Waals surface area contributed by atoms with Gasteiger partial charge in [0.2, 0.25) is 0 Å². The van der Waals surface area contributed by atoms with E-state index in [1.54, 1.807) is 35.7 Å². The first-order valence-corrected chi connectivity index (χ1v) is 30.6. The van der Waals surface area contributed by atoms with Crippen LogP contribution in [0.4, 0.5) is 5.69 Å². The fourth-order valence-corrected chi connectivity index (χ4v) is 12.3. The minimum absolute atomic E-state index is 0. The molecule has 2 aliphatic rings. The summed E-state index contributed by atoms with van der Waals surface area (Å²) < 4.78 is 13.7. The molecule has 4 heterocycles. The second-order valence-electron chi connectivity index (χ2n) is 20.6. The van der Waals surface area contributed by atoms with E-state index < -0.39 is 0 Å². The van der Waals surface area contributed by atoms with Gasteiger partial charge in [-0.15, -0.1) is 29.2 Å². The molecule has 424 valence electrons. The van der Waals surface area contributed by atoms with Crippen molar-refractivity contribution in [3.05, 3.63) is 255 Å². The molecule has 0 spiro atoms. The number of hydrogen-bond acceptors (Lipinski definition) is 11. The van der Waals surface area contributed by atoms with Gasteiger partial charge in [0.1, 0.15) is 50.6 Å². The van der Waals surface area contributed by atoms with E-state index in [1.807, 2.05) is 158 Å². The average molecular weight is 1230 g/mol. The first-order valence-electron chi connectivity index (χ1n) is 27.3. The molecule has 10 nitrogen and oxygen atoms in total. The molecule has 15 heteroatoms. The monoisotopic (exact) mass is 1230 g/mol. The van der Waals surface area contributed by atoms with Crippen LogP contribution in [0.3, 0.4) is 0 Å². The molecule has 0 unspecified atom stereocenters. The summed E-state index contributed by atoms with van der Waals surface area (Å²) in [6.07, 6.45) is 5.68. The summed E-state index contributed by atoms with van der Waals surface area (Å²) >= 11 is 6.04. The standard InChI is InChI=1S/2C35H29N4OS2.Ni/c1-22(2)27-18-24(21-36)19-28(23(3)4)33(27)40-34(29-16-17-32(38-29)41-25-12-8-6-9-13-25)30-20-31(37-5)35(39-30)42-26-14-10-7-11-15-26;1-22(2)28-17-24(20-36)18-29(23(3)4)33(28)40-34(30-15-16-32(38-30)41-26-11-7-5-8-12-26)31-19-25(21-37)35(39-31)42-27-13-9-6-10-14-27;/h6-20,22-23H,1-4H3;5-19,22-23H,1-4H3;/q2*-1;+2/b34-29+;34-31+;. The van der Waals surface area contributed by atoms with E-state index in [0.717, 1.165) is 51.9 Å². The average Bonchev–Trinajstić information content (AvgIpc) is 4.45. The Labute approximate surface area is 525 Å². The van der Waals surface area contributed by atoms with Gasteiger partial charge in [0.05, 0.1) is 35.4 Å². The van der Waals surface area contributed by atoms with E-state index in [-0.39, 0.29) is 40.2 Å². The molecule has 0 N–H and O–H groups in total. The molecule has 0 atom stereocenters. The van der Waals surface area contributed by atoms with Crippen molar-refractivity contribution in [1.29, 1.82) is 15.8 Å². The van der Waals surface area contributed by atoms with Gasteiger partial charge in [-0.1, -0.05) is 186 Å². The van der Waals surface area contributed by atoms with Gasteiger partial charge >= 0.3 is 16.5 Å². The molecule has 0 saturated heterocycles. The summed E-state index contributed by atoms with van der Waals surface area (Å²) in [6.45, 7) is 24.6. The molecular formula is C70H58N8NiO2S4. The van der Waals surface area contributed by atoms with Crippen LogP contribution in [0.5, 0.6) is 11.5 Å². The van der Waals surface area contributed by atoms with Crippen LogP contribution in [0.1, 0.15) is 124 Å². The van der Waals surface area contributed by atoms with Gasteiger partial charge in [0.15, 0.2) is 5.69 Å².